The topological polar surface area (TPSA) is 49.4 Å². The first kappa shape index (κ1) is 18.9. The third-order valence-corrected chi connectivity index (χ3v) is 6.13. The number of carbonyl (C=O) groups excluding carboxylic acids is 2. The van der Waals surface area contributed by atoms with Crippen molar-refractivity contribution in [2.75, 3.05) is 13.1 Å². The summed E-state index contributed by atoms with van der Waals surface area (Å²) in [5, 5.41) is 3.29. The lowest BCUT2D eigenvalue weighted by atomic mass is 9.85. The minimum atomic E-state index is 0.0716. The molecule has 2 aliphatic rings. The third-order valence-electron chi connectivity index (χ3n) is 6.13. The van der Waals surface area contributed by atoms with Crippen molar-refractivity contribution in [2.45, 2.75) is 64.3 Å². The SMILES string of the molecule is CC1CCCCC1NC(=O)C1CCN(C(=O)CCc2ccccc2)CC1. The molecule has 1 saturated heterocycles. The third kappa shape index (κ3) is 5.09. The second kappa shape index (κ2) is 9.20. The average Bonchev–Trinajstić information content (AvgIpc) is 2.69. The number of carbonyl (C=O) groups is 2. The number of likely N-dealkylation sites (tertiary alicyclic amines) is 1. The molecule has 4 nitrogen and oxygen atoms in total. The molecule has 2 atom stereocenters. The molecule has 0 bridgehead atoms. The first-order chi connectivity index (χ1) is 12.6. The molecule has 1 aromatic carbocycles. The largest absolute Gasteiger partial charge is 0.353 e. The van der Waals surface area contributed by atoms with Crippen molar-refractivity contribution < 1.29 is 9.59 Å². The lowest BCUT2D eigenvalue weighted by Crippen LogP contribution is -2.47. The molecule has 3 rings (SSSR count). The van der Waals surface area contributed by atoms with Crippen molar-refractivity contribution in [3.8, 4) is 0 Å². The Morgan fingerprint density at radius 1 is 1.04 bits per heavy atom. The smallest absolute Gasteiger partial charge is 0.223 e. The molecule has 1 N–H and O–H groups in total. The first-order valence-corrected chi connectivity index (χ1v) is 10.3. The van der Waals surface area contributed by atoms with Crippen LogP contribution in [0.15, 0.2) is 30.3 Å². The van der Waals surface area contributed by atoms with Crippen molar-refractivity contribution in [1.29, 1.82) is 0 Å². The molecule has 1 saturated carbocycles. The van der Waals surface area contributed by atoms with Gasteiger partial charge in [-0.3, -0.25) is 9.59 Å². The molecule has 1 aliphatic heterocycles. The standard InChI is InChI=1S/C22H32N2O2/c1-17-7-5-6-10-20(17)23-22(26)19-13-15-24(16-14-19)21(25)12-11-18-8-3-2-4-9-18/h2-4,8-9,17,19-20H,5-7,10-16H2,1H3,(H,23,26). The predicted octanol–water partition coefficient (Wildman–Crippen LogP) is 3.55. The van der Waals surface area contributed by atoms with Crippen LogP contribution in [0.4, 0.5) is 0 Å². The van der Waals surface area contributed by atoms with Gasteiger partial charge in [-0.05, 0) is 43.6 Å². The zero-order chi connectivity index (χ0) is 18.4. The van der Waals surface area contributed by atoms with E-state index in [2.05, 4.69) is 24.4 Å². The quantitative estimate of drug-likeness (QED) is 0.877. The van der Waals surface area contributed by atoms with Crippen LogP contribution in [0.25, 0.3) is 0 Å². The highest BCUT2D eigenvalue weighted by Crippen LogP contribution is 2.25. The van der Waals surface area contributed by atoms with E-state index in [0.29, 0.717) is 31.5 Å². The highest BCUT2D eigenvalue weighted by molar-refractivity contribution is 5.80. The van der Waals surface area contributed by atoms with Crippen LogP contribution in [0.3, 0.4) is 0 Å². The van der Waals surface area contributed by atoms with Gasteiger partial charge >= 0.3 is 0 Å². The minimum Gasteiger partial charge on any atom is -0.353 e. The van der Waals surface area contributed by atoms with Crippen LogP contribution in [0, 0.1) is 11.8 Å². The zero-order valence-electron chi connectivity index (χ0n) is 16.0. The lowest BCUT2D eigenvalue weighted by Gasteiger charge is -2.34. The lowest BCUT2D eigenvalue weighted by molar-refractivity contribution is -0.136. The Labute approximate surface area is 157 Å². The molecule has 0 radical (unpaired) electrons. The fourth-order valence-electron chi connectivity index (χ4n) is 4.28. The zero-order valence-corrected chi connectivity index (χ0v) is 16.0. The first-order valence-electron chi connectivity index (χ1n) is 10.3. The van der Waals surface area contributed by atoms with Gasteiger partial charge in [-0.25, -0.2) is 0 Å². The van der Waals surface area contributed by atoms with Gasteiger partial charge in [0.05, 0.1) is 0 Å². The number of amides is 2. The second-order valence-corrected chi connectivity index (χ2v) is 8.02. The van der Waals surface area contributed by atoms with Gasteiger partial charge in [-0.15, -0.1) is 0 Å². The van der Waals surface area contributed by atoms with Gasteiger partial charge in [0.15, 0.2) is 0 Å². The average molecular weight is 357 g/mol. The maximum absolute atomic E-state index is 12.6. The maximum Gasteiger partial charge on any atom is 0.223 e. The fraction of sp³-hybridized carbons (Fsp3) is 0.636. The van der Waals surface area contributed by atoms with Crippen molar-refractivity contribution in [2.24, 2.45) is 11.8 Å². The highest BCUT2D eigenvalue weighted by atomic mass is 16.2. The van der Waals surface area contributed by atoms with E-state index in [-0.39, 0.29) is 17.7 Å². The van der Waals surface area contributed by atoms with E-state index >= 15 is 0 Å². The van der Waals surface area contributed by atoms with Gasteiger partial charge in [-0.1, -0.05) is 50.1 Å². The van der Waals surface area contributed by atoms with E-state index < -0.39 is 0 Å². The van der Waals surface area contributed by atoms with Gasteiger partial charge in [0, 0.05) is 31.5 Å². The van der Waals surface area contributed by atoms with Gasteiger partial charge in [-0.2, -0.15) is 0 Å². The van der Waals surface area contributed by atoms with Gasteiger partial charge < -0.3 is 10.2 Å². The number of aryl methyl sites for hydroxylation is 1. The van der Waals surface area contributed by atoms with Crippen LogP contribution >= 0.6 is 0 Å². The Bertz CT molecular complexity index is 593. The van der Waals surface area contributed by atoms with Crippen LogP contribution in [-0.4, -0.2) is 35.8 Å². The Morgan fingerprint density at radius 2 is 1.73 bits per heavy atom. The molecule has 1 aliphatic carbocycles. The normalized spacial score (nSPS) is 24.3. The van der Waals surface area contributed by atoms with Crippen LogP contribution in [0.5, 0.6) is 0 Å². The molecular formula is C22H32N2O2. The molecule has 2 unspecified atom stereocenters. The fourth-order valence-corrected chi connectivity index (χ4v) is 4.28. The van der Waals surface area contributed by atoms with Crippen molar-refractivity contribution in [1.82, 2.24) is 10.2 Å². The van der Waals surface area contributed by atoms with E-state index in [4.69, 9.17) is 0 Å². The van der Waals surface area contributed by atoms with E-state index in [0.717, 1.165) is 25.7 Å². The van der Waals surface area contributed by atoms with Gasteiger partial charge in [0.25, 0.3) is 0 Å². The number of benzene rings is 1. The molecule has 1 aromatic rings. The number of hydrogen-bond acceptors (Lipinski definition) is 2. The molecular weight excluding hydrogens is 324 g/mol. The molecule has 2 fully saturated rings. The summed E-state index contributed by atoms with van der Waals surface area (Å²) in [5.41, 5.74) is 1.21. The molecule has 1 heterocycles. The summed E-state index contributed by atoms with van der Waals surface area (Å²) in [6.45, 7) is 3.68. The van der Waals surface area contributed by atoms with Gasteiger partial charge in [0.2, 0.25) is 11.8 Å². The van der Waals surface area contributed by atoms with Crippen LogP contribution in [0.2, 0.25) is 0 Å². The minimum absolute atomic E-state index is 0.0716. The molecule has 4 heteroatoms. The molecule has 0 spiro atoms. The number of nitrogens with zero attached hydrogens (tertiary/aromatic N) is 1. The van der Waals surface area contributed by atoms with Crippen LogP contribution < -0.4 is 5.32 Å². The van der Waals surface area contributed by atoms with E-state index in [9.17, 15) is 9.59 Å². The summed E-state index contributed by atoms with van der Waals surface area (Å²) in [4.78, 5) is 27.0. The molecule has 0 aromatic heterocycles. The molecule has 26 heavy (non-hydrogen) atoms. The Kier molecular flexibility index (Phi) is 6.70. The maximum atomic E-state index is 12.6. The number of nitrogens with one attached hydrogen (secondary N) is 1. The second-order valence-electron chi connectivity index (χ2n) is 8.02. The van der Waals surface area contributed by atoms with Crippen molar-refractivity contribution in [3.63, 3.8) is 0 Å². The summed E-state index contributed by atoms with van der Waals surface area (Å²) in [6, 6.07) is 10.5. The van der Waals surface area contributed by atoms with Gasteiger partial charge in [0.1, 0.15) is 0 Å². The molecule has 2 amide bonds. The number of piperidine rings is 1. The van der Waals surface area contributed by atoms with Crippen LogP contribution in [-0.2, 0) is 16.0 Å². The van der Waals surface area contributed by atoms with Crippen LogP contribution in [0.1, 0.15) is 57.4 Å². The summed E-state index contributed by atoms with van der Waals surface area (Å²) in [5.74, 6) is 1.09. The summed E-state index contributed by atoms with van der Waals surface area (Å²) >= 11 is 0. The monoisotopic (exact) mass is 356 g/mol. The Morgan fingerprint density at radius 3 is 2.42 bits per heavy atom. The van der Waals surface area contributed by atoms with E-state index in [1.165, 1.54) is 24.8 Å². The molecule has 142 valence electrons. The summed E-state index contributed by atoms with van der Waals surface area (Å²) < 4.78 is 0. The summed E-state index contributed by atoms with van der Waals surface area (Å²) in [7, 11) is 0. The van der Waals surface area contributed by atoms with E-state index in [1.807, 2.05) is 23.1 Å². The number of hydrogen-bond donors (Lipinski definition) is 1. The number of rotatable bonds is 5. The highest BCUT2D eigenvalue weighted by Gasteiger charge is 2.30. The van der Waals surface area contributed by atoms with Crippen molar-refractivity contribution in [3.05, 3.63) is 35.9 Å². The van der Waals surface area contributed by atoms with E-state index in [1.54, 1.807) is 0 Å². The Balaban J connectivity index is 1.40. The summed E-state index contributed by atoms with van der Waals surface area (Å²) in [6.07, 6.45) is 7.79. The van der Waals surface area contributed by atoms with Crippen molar-refractivity contribution >= 4 is 11.8 Å². The predicted molar refractivity (Wildman–Crippen MR) is 104 cm³/mol. The Hall–Kier alpha value is -1.84.